The normalized spacial score (nSPS) is 14.1. The van der Waals surface area contributed by atoms with E-state index < -0.39 is 23.6 Å². The summed E-state index contributed by atoms with van der Waals surface area (Å²) in [7, 11) is 0. The summed E-state index contributed by atoms with van der Waals surface area (Å²) < 4.78 is 1.80. The van der Waals surface area contributed by atoms with Gasteiger partial charge in [0.2, 0.25) is 5.78 Å². The first-order chi connectivity index (χ1) is 14.5. The Morgan fingerprint density at radius 1 is 1.03 bits per heavy atom. The van der Waals surface area contributed by atoms with Crippen LogP contribution in [0.4, 0.5) is 0 Å². The van der Waals surface area contributed by atoms with Crippen molar-refractivity contribution >= 4 is 17.6 Å². The number of nitrogens with two attached hydrogens (primary N) is 1. The number of Topliss-reactive ketones (excluding diaryl/α,β-unsaturated/α-hetero) is 1. The lowest BCUT2D eigenvalue weighted by Crippen LogP contribution is -2.47. The number of hydrogen-bond donors (Lipinski definition) is 2. The first kappa shape index (κ1) is 19.6. The molecule has 7 heteroatoms. The third-order valence-electron chi connectivity index (χ3n) is 5.09. The summed E-state index contributed by atoms with van der Waals surface area (Å²) in [6, 6.07) is 17.8. The maximum atomic E-state index is 13.2. The zero-order valence-corrected chi connectivity index (χ0v) is 16.3. The highest BCUT2D eigenvalue weighted by Gasteiger charge is 2.30. The van der Waals surface area contributed by atoms with Gasteiger partial charge in [-0.1, -0.05) is 60.7 Å². The fourth-order valence-corrected chi connectivity index (χ4v) is 3.36. The highest BCUT2D eigenvalue weighted by atomic mass is 16.2. The minimum Gasteiger partial charge on any atom is -0.363 e. The second-order valence-corrected chi connectivity index (χ2v) is 7.41. The Balaban J connectivity index is 1.63. The van der Waals surface area contributed by atoms with Crippen molar-refractivity contribution in [2.24, 2.45) is 5.73 Å². The van der Waals surface area contributed by atoms with Crippen molar-refractivity contribution in [1.29, 1.82) is 0 Å². The number of nitrogens with one attached hydrogen (secondary N) is 1. The van der Waals surface area contributed by atoms with Gasteiger partial charge in [-0.3, -0.25) is 19.1 Å². The topological polar surface area (TPSA) is 107 Å². The van der Waals surface area contributed by atoms with Gasteiger partial charge in [0.25, 0.3) is 11.8 Å². The van der Waals surface area contributed by atoms with Crippen LogP contribution in [0.2, 0.25) is 0 Å². The fourth-order valence-electron chi connectivity index (χ4n) is 3.36. The van der Waals surface area contributed by atoms with E-state index in [0.717, 1.165) is 24.0 Å². The lowest BCUT2D eigenvalue weighted by Gasteiger charge is -2.16. The molecule has 2 amide bonds. The molecule has 1 aromatic heterocycles. The summed E-state index contributed by atoms with van der Waals surface area (Å²) in [5.41, 5.74) is 7.75. The molecule has 0 bridgehead atoms. The van der Waals surface area contributed by atoms with Crippen LogP contribution >= 0.6 is 0 Å². The van der Waals surface area contributed by atoms with E-state index >= 15 is 0 Å². The SMILES string of the molecule is NC(=O)C(=O)[C@H](Cc1ccccc1)NC(=O)c1cn(C2CC2)nc1-c1ccccc1. The molecule has 1 aliphatic carbocycles. The number of amides is 2. The molecule has 30 heavy (non-hydrogen) atoms. The zero-order valence-electron chi connectivity index (χ0n) is 16.3. The first-order valence-electron chi connectivity index (χ1n) is 9.86. The summed E-state index contributed by atoms with van der Waals surface area (Å²) in [4.78, 5) is 37.1. The van der Waals surface area contributed by atoms with Gasteiger partial charge < -0.3 is 11.1 Å². The lowest BCUT2D eigenvalue weighted by molar-refractivity contribution is -0.137. The molecule has 1 saturated carbocycles. The predicted molar refractivity (Wildman–Crippen MR) is 112 cm³/mol. The molecular formula is C23H22N4O3. The largest absolute Gasteiger partial charge is 0.363 e. The summed E-state index contributed by atoms with van der Waals surface area (Å²) in [6.45, 7) is 0. The van der Waals surface area contributed by atoms with E-state index in [1.807, 2.05) is 60.7 Å². The Labute approximate surface area is 173 Å². The maximum Gasteiger partial charge on any atom is 0.287 e. The average molecular weight is 402 g/mol. The van der Waals surface area contributed by atoms with Crippen molar-refractivity contribution < 1.29 is 14.4 Å². The van der Waals surface area contributed by atoms with Gasteiger partial charge in [0.15, 0.2) is 0 Å². The zero-order chi connectivity index (χ0) is 21.1. The number of carbonyl (C=O) groups is 3. The number of benzene rings is 2. The average Bonchev–Trinajstić information content (AvgIpc) is 3.52. The number of hydrogen-bond acceptors (Lipinski definition) is 4. The van der Waals surface area contributed by atoms with Crippen molar-refractivity contribution in [3.05, 3.63) is 78.0 Å². The van der Waals surface area contributed by atoms with Crippen molar-refractivity contribution in [3.8, 4) is 11.3 Å². The fraction of sp³-hybridized carbons (Fsp3) is 0.217. The quantitative estimate of drug-likeness (QED) is 0.564. The van der Waals surface area contributed by atoms with Crippen LogP contribution in [0.25, 0.3) is 11.3 Å². The molecule has 1 fully saturated rings. The van der Waals surface area contributed by atoms with E-state index in [4.69, 9.17) is 5.73 Å². The van der Waals surface area contributed by atoms with Crippen molar-refractivity contribution in [3.63, 3.8) is 0 Å². The molecular weight excluding hydrogens is 380 g/mol. The molecule has 0 saturated heterocycles. The van der Waals surface area contributed by atoms with E-state index in [-0.39, 0.29) is 6.42 Å². The van der Waals surface area contributed by atoms with Gasteiger partial charge in [-0.15, -0.1) is 0 Å². The number of rotatable bonds is 8. The van der Waals surface area contributed by atoms with Gasteiger partial charge in [0.05, 0.1) is 11.6 Å². The molecule has 0 radical (unpaired) electrons. The van der Waals surface area contributed by atoms with E-state index in [1.54, 1.807) is 10.9 Å². The highest BCUT2D eigenvalue weighted by molar-refractivity contribution is 6.38. The van der Waals surface area contributed by atoms with E-state index in [0.29, 0.717) is 17.3 Å². The molecule has 7 nitrogen and oxygen atoms in total. The second kappa shape index (κ2) is 8.32. The van der Waals surface area contributed by atoms with Crippen LogP contribution in [0.5, 0.6) is 0 Å². The van der Waals surface area contributed by atoms with Gasteiger partial charge in [0.1, 0.15) is 11.7 Å². The van der Waals surface area contributed by atoms with Crippen LogP contribution in [-0.2, 0) is 16.0 Å². The standard InChI is InChI=1S/C23H22N4O3/c24-22(29)21(28)19(13-15-7-3-1-4-8-15)25-23(30)18-14-27(17-11-12-17)26-20(18)16-9-5-2-6-10-16/h1-10,14,17,19H,11-13H2,(H2,24,29)(H,25,30)/t19-/m0/s1. The number of nitrogens with zero attached hydrogens (tertiary/aromatic N) is 2. The Hall–Kier alpha value is -3.74. The summed E-state index contributed by atoms with van der Waals surface area (Å²) in [5, 5.41) is 7.32. The monoisotopic (exact) mass is 402 g/mol. The van der Waals surface area contributed by atoms with Gasteiger partial charge >= 0.3 is 0 Å². The Kier molecular flexibility index (Phi) is 5.43. The molecule has 0 unspecified atom stereocenters. The number of ketones is 1. The second-order valence-electron chi connectivity index (χ2n) is 7.41. The van der Waals surface area contributed by atoms with Gasteiger partial charge in [-0.2, -0.15) is 5.10 Å². The molecule has 1 aliphatic rings. The summed E-state index contributed by atoms with van der Waals surface area (Å²) in [5.74, 6) is -2.37. The number of aromatic nitrogens is 2. The van der Waals surface area contributed by atoms with Crippen LogP contribution < -0.4 is 11.1 Å². The highest BCUT2D eigenvalue weighted by Crippen LogP contribution is 2.36. The number of primary amides is 1. The first-order valence-corrected chi connectivity index (χ1v) is 9.86. The smallest absolute Gasteiger partial charge is 0.287 e. The van der Waals surface area contributed by atoms with Crippen LogP contribution in [-0.4, -0.2) is 33.4 Å². The van der Waals surface area contributed by atoms with Crippen molar-refractivity contribution in [1.82, 2.24) is 15.1 Å². The predicted octanol–water partition coefficient (Wildman–Crippen LogP) is 2.28. The molecule has 2 aromatic carbocycles. The molecule has 1 atom stereocenters. The van der Waals surface area contributed by atoms with Crippen LogP contribution in [0.15, 0.2) is 66.9 Å². The maximum absolute atomic E-state index is 13.2. The van der Waals surface area contributed by atoms with Crippen LogP contribution in [0.3, 0.4) is 0 Å². The minimum atomic E-state index is -1.08. The molecule has 3 aromatic rings. The summed E-state index contributed by atoms with van der Waals surface area (Å²) in [6.07, 6.45) is 3.93. The Morgan fingerprint density at radius 2 is 1.67 bits per heavy atom. The summed E-state index contributed by atoms with van der Waals surface area (Å²) >= 11 is 0. The molecule has 1 heterocycles. The Morgan fingerprint density at radius 3 is 2.27 bits per heavy atom. The third kappa shape index (κ3) is 4.30. The minimum absolute atomic E-state index is 0.172. The van der Waals surface area contributed by atoms with Crippen molar-refractivity contribution in [2.45, 2.75) is 31.3 Å². The molecule has 4 rings (SSSR count). The van der Waals surface area contributed by atoms with E-state index in [9.17, 15) is 14.4 Å². The van der Waals surface area contributed by atoms with Gasteiger partial charge in [-0.25, -0.2) is 0 Å². The van der Waals surface area contributed by atoms with E-state index in [1.165, 1.54) is 0 Å². The van der Waals surface area contributed by atoms with Crippen LogP contribution in [0, 0.1) is 0 Å². The van der Waals surface area contributed by atoms with Crippen LogP contribution in [0.1, 0.15) is 34.8 Å². The van der Waals surface area contributed by atoms with Gasteiger partial charge in [-0.05, 0) is 18.4 Å². The molecule has 152 valence electrons. The third-order valence-corrected chi connectivity index (χ3v) is 5.09. The Bertz CT molecular complexity index is 1070. The van der Waals surface area contributed by atoms with E-state index in [2.05, 4.69) is 10.4 Å². The van der Waals surface area contributed by atoms with Crippen molar-refractivity contribution in [2.75, 3.05) is 0 Å². The molecule has 0 aliphatic heterocycles. The van der Waals surface area contributed by atoms with Gasteiger partial charge in [0, 0.05) is 18.2 Å². The molecule has 3 N–H and O–H groups in total. The number of carbonyl (C=O) groups excluding carboxylic acids is 3. The molecule has 0 spiro atoms. The lowest BCUT2D eigenvalue weighted by atomic mass is 10.0.